The van der Waals surface area contributed by atoms with Gasteiger partial charge in [0.15, 0.2) is 6.10 Å². The first-order valence-corrected chi connectivity index (χ1v) is 7.63. The molecule has 114 valence electrons. The van der Waals surface area contributed by atoms with Crippen LogP contribution in [-0.2, 0) is 11.4 Å². The molecule has 0 amide bonds. The van der Waals surface area contributed by atoms with E-state index < -0.39 is 0 Å². The summed E-state index contributed by atoms with van der Waals surface area (Å²) in [4.78, 5) is 5.45. The van der Waals surface area contributed by atoms with Gasteiger partial charge in [-0.15, -0.1) is 0 Å². The lowest BCUT2D eigenvalue weighted by molar-refractivity contribution is -0.676. The number of nitrogens with two attached hydrogens (primary N) is 1. The summed E-state index contributed by atoms with van der Waals surface area (Å²) in [5.74, 6) is -0.241. The Morgan fingerprint density at radius 2 is 2.05 bits per heavy atom. The van der Waals surface area contributed by atoms with Gasteiger partial charge in [-0.3, -0.25) is 0 Å². The molecule has 0 aromatic heterocycles. The van der Waals surface area contributed by atoms with Crippen LogP contribution in [0.2, 0.25) is 5.02 Å². The molecule has 22 heavy (non-hydrogen) atoms. The highest BCUT2D eigenvalue weighted by Crippen LogP contribution is 2.16. The number of rotatable bonds is 5. The van der Waals surface area contributed by atoms with E-state index in [-0.39, 0.29) is 11.9 Å². The predicted octanol–water partition coefficient (Wildman–Crippen LogP) is 2.74. The second kappa shape index (κ2) is 6.90. The maximum Gasteiger partial charge on any atom is 0.181 e. The lowest BCUT2D eigenvalue weighted by Gasteiger charge is -2.07. The third kappa shape index (κ3) is 3.84. The molecule has 0 unspecified atom stereocenters. The van der Waals surface area contributed by atoms with Crippen molar-refractivity contribution in [1.29, 1.82) is 0 Å². The van der Waals surface area contributed by atoms with Crippen molar-refractivity contribution in [2.24, 2.45) is 5.16 Å². The van der Waals surface area contributed by atoms with Gasteiger partial charge in [-0.25, -0.2) is 4.39 Å². The molecule has 2 N–H and O–H groups in total. The average molecular weight is 320 g/mol. The molecule has 0 spiro atoms. The lowest BCUT2D eigenvalue weighted by atomic mass is 10.1. The van der Waals surface area contributed by atoms with E-state index in [0.29, 0.717) is 0 Å². The van der Waals surface area contributed by atoms with Crippen molar-refractivity contribution in [2.75, 3.05) is 6.54 Å². The predicted molar refractivity (Wildman–Crippen MR) is 84.4 cm³/mol. The van der Waals surface area contributed by atoms with Gasteiger partial charge in [-0.05, 0) is 29.8 Å². The number of oxime groups is 1. The monoisotopic (exact) mass is 319 g/mol. The van der Waals surface area contributed by atoms with Crippen molar-refractivity contribution in [3.8, 4) is 0 Å². The molecular formula is C17H17ClFN2O+. The van der Waals surface area contributed by atoms with E-state index in [9.17, 15) is 4.39 Å². The quantitative estimate of drug-likeness (QED) is 0.904. The zero-order chi connectivity index (χ0) is 15.4. The molecule has 2 aromatic rings. The largest absolute Gasteiger partial charge is 0.386 e. The summed E-state index contributed by atoms with van der Waals surface area (Å²) < 4.78 is 12.9. The number of hydrogen-bond acceptors (Lipinski definition) is 2. The summed E-state index contributed by atoms with van der Waals surface area (Å²) >= 11 is 5.97. The van der Waals surface area contributed by atoms with E-state index in [4.69, 9.17) is 16.4 Å². The first kappa shape index (κ1) is 15.0. The van der Waals surface area contributed by atoms with Gasteiger partial charge in [0.1, 0.15) is 18.9 Å². The molecule has 0 fully saturated rings. The molecule has 5 heteroatoms. The Labute approximate surface area is 133 Å². The van der Waals surface area contributed by atoms with Crippen molar-refractivity contribution in [3.05, 3.63) is 70.5 Å². The van der Waals surface area contributed by atoms with Gasteiger partial charge in [0.2, 0.25) is 0 Å². The zero-order valence-corrected chi connectivity index (χ0v) is 12.8. The molecule has 0 bridgehead atoms. The van der Waals surface area contributed by atoms with Crippen LogP contribution in [-0.4, -0.2) is 18.4 Å². The molecule has 0 saturated carbocycles. The standard InChI is InChI=1S/C17H16ClFN2O/c18-14-3-1-2-12(8-14)10-20-11-16-9-17(21-22-16)13-4-6-15(19)7-5-13/h1-8,16,20H,9-11H2/p+1/t16-/m0/s1. The molecule has 0 radical (unpaired) electrons. The van der Waals surface area contributed by atoms with E-state index in [1.807, 2.05) is 18.2 Å². The molecular weight excluding hydrogens is 303 g/mol. The molecule has 1 atom stereocenters. The normalized spacial score (nSPS) is 17.2. The van der Waals surface area contributed by atoms with Crippen molar-refractivity contribution in [2.45, 2.75) is 19.1 Å². The van der Waals surface area contributed by atoms with Gasteiger partial charge in [0, 0.05) is 17.0 Å². The first-order valence-electron chi connectivity index (χ1n) is 7.25. The second-order valence-electron chi connectivity index (χ2n) is 5.33. The van der Waals surface area contributed by atoms with Gasteiger partial charge >= 0.3 is 0 Å². The molecule has 3 nitrogen and oxygen atoms in total. The number of nitrogens with zero attached hydrogens (tertiary/aromatic N) is 1. The van der Waals surface area contributed by atoms with Crippen molar-refractivity contribution >= 4 is 17.3 Å². The summed E-state index contributed by atoms with van der Waals surface area (Å²) in [5.41, 5.74) is 2.98. The van der Waals surface area contributed by atoms with Gasteiger partial charge in [0.05, 0.1) is 5.71 Å². The number of hydrogen-bond donors (Lipinski definition) is 1. The molecule has 1 aliphatic rings. The third-order valence-corrected chi connectivity index (χ3v) is 3.84. The number of benzene rings is 2. The Bertz CT molecular complexity index is 673. The summed E-state index contributed by atoms with van der Waals surface area (Å²) in [7, 11) is 0. The van der Waals surface area contributed by atoms with Crippen LogP contribution in [0.25, 0.3) is 0 Å². The Kier molecular flexibility index (Phi) is 4.71. The van der Waals surface area contributed by atoms with Gasteiger partial charge in [0.25, 0.3) is 0 Å². The maximum absolute atomic E-state index is 12.9. The van der Waals surface area contributed by atoms with Crippen LogP contribution in [0, 0.1) is 5.82 Å². The topological polar surface area (TPSA) is 38.2 Å². The smallest absolute Gasteiger partial charge is 0.181 e. The molecule has 2 aromatic carbocycles. The van der Waals surface area contributed by atoms with E-state index in [2.05, 4.69) is 16.5 Å². The van der Waals surface area contributed by atoms with Gasteiger partial charge < -0.3 is 10.2 Å². The number of halogens is 2. The SMILES string of the molecule is Fc1ccc(C2=NO[C@H](C[NH2+]Cc3cccc(Cl)c3)C2)cc1. The van der Waals surface area contributed by atoms with Crippen LogP contribution >= 0.6 is 11.6 Å². The fraction of sp³-hybridized carbons (Fsp3) is 0.235. The van der Waals surface area contributed by atoms with Crippen LogP contribution in [0.5, 0.6) is 0 Å². The zero-order valence-electron chi connectivity index (χ0n) is 12.0. The highest BCUT2D eigenvalue weighted by atomic mass is 35.5. The van der Waals surface area contributed by atoms with E-state index in [1.165, 1.54) is 17.7 Å². The van der Waals surface area contributed by atoms with Gasteiger partial charge in [-0.1, -0.05) is 41.0 Å². The summed E-state index contributed by atoms with van der Waals surface area (Å²) in [6, 6.07) is 14.2. The summed E-state index contributed by atoms with van der Waals surface area (Å²) in [5, 5.41) is 7.04. The maximum atomic E-state index is 12.9. The highest BCUT2D eigenvalue weighted by Gasteiger charge is 2.23. The van der Waals surface area contributed by atoms with Crippen LogP contribution < -0.4 is 5.32 Å². The van der Waals surface area contributed by atoms with E-state index >= 15 is 0 Å². The fourth-order valence-corrected chi connectivity index (χ4v) is 2.68. The average Bonchev–Trinajstić information content (AvgIpc) is 2.97. The summed E-state index contributed by atoms with van der Waals surface area (Å²) in [6.45, 7) is 1.67. The molecule has 1 heterocycles. The highest BCUT2D eigenvalue weighted by molar-refractivity contribution is 6.30. The van der Waals surface area contributed by atoms with E-state index in [1.54, 1.807) is 12.1 Å². The second-order valence-corrected chi connectivity index (χ2v) is 5.77. The Morgan fingerprint density at radius 1 is 1.23 bits per heavy atom. The Balaban J connectivity index is 1.47. The van der Waals surface area contributed by atoms with Crippen LogP contribution in [0.1, 0.15) is 17.5 Å². The number of quaternary nitrogens is 1. The van der Waals surface area contributed by atoms with Crippen LogP contribution in [0.3, 0.4) is 0 Å². The molecule has 1 aliphatic heterocycles. The lowest BCUT2D eigenvalue weighted by Crippen LogP contribution is -2.84. The van der Waals surface area contributed by atoms with E-state index in [0.717, 1.165) is 35.8 Å². The Hall–Kier alpha value is -1.91. The molecule has 0 saturated heterocycles. The van der Waals surface area contributed by atoms with Crippen molar-refractivity contribution < 1.29 is 14.5 Å². The van der Waals surface area contributed by atoms with Gasteiger partial charge in [-0.2, -0.15) is 0 Å². The van der Waals surface area contributed by atoms with Crippen LogP contribution in [0.4, 0.5) is 4.39 Å². The third-order valence-electron chi connectivity index (χ3n) is 3.61. The molecule has 0 aliphatic carbocycles. The minimum absolute atomic E-state index is 0.0548. The fourth-order valence-electron chi connectivity index (χ4n) is 2.47. The first-order chi connectivity index (χ1) is 10.7. The Morgan fingerprint density at radius 3 is 2.82 bits per heavy atom. The van der Waals surface area contributed by atoms with Crippen molar-refractivity contribution in [3.63, 3.8) is 0 Å². The molecule has 3 rings (SSSR count). The summed E-state index contributed by atoms with van der Waals surface area (Å²) in [6.07, 6.45) is 0.803. The minimum atomic E-state index is -0.241. The minimum Gasteiger partial charge on any atom is -0.386 e. The van der Waals surface area contributed by atoms with Crippen molar-refractivity contribution in [1.82, 2.24) is 0 Å². The van der Waals surface area contributed by atoms with Crippen LogP contribution in [0.15, 0.2) is 53.7 Å².